The molecule has 0 aliphatic carbocycles. The van der Waals surface area contributed by atoms with E-state index in [0.29, 0.717) is 5.76 Å². The highest BCUT2D eigenvalue weighted by Gasteiger charge is 2.16. The van der Waals surface area contributed by atoms with Crippen LogP contribution in [-0.2, 0) is 0 Å². The molecule has 2 aromatic heterocycles. The van der Waals surface area contributed by atoms with Crippen molar-refractivity contribution in [2.75, 3.05) is 0 Å². The second-order valence-electron chi connectivity index (χ2n) is 4.56. The molecule has 0 saturated carbocycles. The maximum absolute atomic E-state index is 13.2. The van der Waals surface area contributed by atoms with Crippen LogP contribution in [0.15, 0.2) is 45.8 Å². The van der Waals surface area contributed by atoms with Gasteiger partial charge in [0.25, 0.3) is 5.56 Å². The van der Waals surface area contributed by atoms with Crippen molar-refractivity contribution in [1.29, 1.82) is 0 Å². The first-order valence-electron chi connectivity index (χ1n) is 6.20. The third-order valence-corrected chi connectivity index (χ3v) is 3.09. The summed E-state index contributed by atoms with van der Waals surface area (Å²) in [6, 6.07) is 7.10. The van der Waals surface area contributed by atoms with Crippen molar-refractivity contribution >= 4 is 0 Å². The fraction of sp³-hybridized carbons (Fsp3) is 0.0667. The quantitative estimate of drug-likeness (QED) is 0.759. The molecule has 0 bridgehead atoms. The highest BCUT2D eigenvalue weighted by atomic mass is 19.1. The average Bonchev–Trinajstić information content (AvgIpc) is 2.84. The standard InChI is InChI=1S/C15H11FN2O3/c1-8-5-6-21-12(8)13-17-14(19)11(15(20)18-13)9-3-2-4-10(16)7-9/h2-7H,1H3,(H2,17,18,19,20). The van der Waals surface area contributed by atoms with Gasteiger partial charge in [0.2, 0.25) is 5.88 Å². The van der Waals surface area contributed by atoms with E-state index in [1.165, 1.54) is 24.5 Å². The molecule has 3 rings (SSSR count). The lowest BCUT2D eigenvalue weighted by molar-refractivity contribution is 0.452. The van der Waals surface area contributed by atoms with Crippen LogP contribution in [0.25, 0.3) is 22.7 Å². The minimum atomic E-state index is -0.570. The van der Waals surface area contributed by atoms with Gasteiger partial charge in [0.1, 0.15) is 11.4 Å². The molecule has 0 aliphatic heterocycles. The molecule has 106 valence electrons. The van der Waals surface area contributed by atoms with Crippen molar-refractivity contribution in [2.24, 2.45) is 0 Å². The Bertz CT molecular complexity index is 867. The largest absolute Gasteiger partial charge is 0.493 e. The van der Waals surface area contributed by atoms with E-state index in [2.05, 4.69) is 9.97 Å². The predicted molar refractivity (Wildman–Crippen MR) is 74.4 cm³/mol. The van der Waals surface area contributed by atoms with Gasteiger partial charge in [-0.3, -0.25) is 4.79 Å². The van der Waals surface area contributed by atoms with E-state index in [-0.39, 0.29) is 17.0 Å². The molecule has 0 atom stereocenters. The Hall–Kier alpha value is -2.89. The maximum atomic E-state index is 13.2. The average molecular weight is 286 g/mol. The fourth-order valence-electron chi connectivity index (χ4n) is 2.09. The van der Waals surface area contributed by atoms with E-state index in [9.17, 15) is 14.3 Å². The number of rotatable bonds is 2. The van der Waals surface area contributed by atoms with Gasteiger partial charge in [-0.25, -0.2) is 4.39 Å². The highest BCUT2D eigenvalue weighted by Crippen LogP contribution is 2.27. The van der Waals surface area contributed by atoms with E-state index in [4.69, 9.17) is 4.42 Å². The molecular formula is C15H11FN2O3. The predicted octanol–water partition coefficient (Wildman–Crippen LogP) is 2.85. The van der Waals surface area contributed by atoms with E-state index in [0.717, 1.165) is 11.6 Å². The van der Waals surface area contributed by atoms with Crippen LogP contribution in [-0.4, -0.2) is 15.1 Å². The van der Waals surface area contributed by atoms with Gasteiger partial charge in [0, 0.05) is 0 Å². The van der Waals surface area contributed by atoms with Gasteiger partial charge in [-0.05, 0) is 36.2 Å². The first kappa shape index (κ1) is 13.1. The minimum absolute atomic E-state index is 0.0811. The summed E-state index contributed by atoms with van der Waals surface area (Å²) in [5, 5.41) is 10.0. The maximum Gasteiger partial charge on any atom is 0.263 e. The van der Waals surface area contributed by atoms with E-state index in [1.54, 1.807) is 13.0 Å². The topological polar surface area (TPSA) is 79.1 Å². The van der Waals surface area contributed by atoms with Crippen LogP contribution >= 0.6 is 0 Å². The number of halogens is 1. The van der Waals surface area contributed by atoms with Crippen molar-refractivity contribution < 1.29 is 13.9 Å². The number of nitrogens with zero attached hydrogens (tertiary/aromatic N) is 1. The molecule has 0 spiro atoms. The lowest BCUT2D eigenvalue weighted by Crippen LogP contribution is -2.12. The van der Waals surface area contributed by atoms with E-state index >= 15 is 0 Å². The number of hydrogen-bond donors (Lipinski definition) is 2. The zero-order valence-electron chi connectivity index (χ0n) is 11.1. The number of H-pyrrole nitrogens is 1. The third-order valence-electron chi connectivity index (χ3n) is 3.09. The molecule has 0 aliphatic rings. The number of aromatic amines is 1. The molecule has 2 heterocycles. The summed E-state index contributed by atoms with van der Waals surface area (Å²) in [6.07, 6.45) is 1.46. The molecule has 2 N–H and O–H groups in total. The molecule has 0 amide bonds. The molecule has 5 nitrogen and oxygen atoms in total. The second-order valence-corrected chi connectivity index (χ2v) is 4.56. The molecule has 0 radical (unpaired) electrons. The van der Waals surface area contributed by atoms with Crippen molar-refractivity contribution in [3.63, 3.8) is 0 Å². The summed E-state index contributed by atoms with van der Waals surface area (Å²) in [5.41, 5.74) is 0.376. The molecule has 0 saturated heterocycles. The Kier molecular flexibility index (Phi) is 3.06. The molecule has 21 heavy (non-hydrogen) atoms. The van der Waals surface area contributed by atoms with Crippen molar-refractivity contribution in [1.82, 2.24) is 9.97 Å². The Morgan fingerprint density at radius 1 is 1.33 bits per heavy atom. The van der Waals surface area contributed by atoms with Crippen LogP contribution in [0.2, 0.25) is 0 Å². The van der Waals surface area contributed by atoms with Gasteiger partial charge in [-0.1, -0.05) is 12.1 Å². The molecule has 0 fully saturated rings. The van der Waals surface area contributed by atoms with Gasteiger partial charge in [0.15, 0.2) is 11.6 Å². The first-order chi connectivity index (χ1) is 10.1. The monoisotopic (exact) mass is 286 g/mol. The van der Waals surface area contributed by atoms with Crippen LogP contribution in [0.1, 0.15) is 5.56 Å². The smallest absolute Gasteiger partial charge is 0.263 e. The summed E-state index contributed by atoms with van der Waals surface area (Å²) < 4.78 is 18.5. The first-order valence-corrected chi connectivity index (χ1v) is 6.20. The molecule has 1 aromatic carbocycles. The van der Waals surface area contributed by atoms with Crippen molar-refractivity contribution in [3.05, 3.63) is 58.3 Å². The summed E-state index contributed by atoms with van der Waals surface area (Å²) in [4.78, 5) is 18.6. The third kappa shape index (κ3) is 2.31. The Morgan fingerprint density at radius 2 is 2.14 bits per heavy atom. The normalized spacial score (nSPS) is 10.8. The van der Waals surface area contributed by atoms with Crippen LogP contribution in [0.5, 0.6) is 5.88 Å². The highest BCUT2D eigenvalue weighted by molar-refractivity contribution is 5.68. The van der Waals surface area contributed by atoms with E-state index < -0.39 is 17.3 Å². The number of aryl methyl sites for hydroxylation is 1. The number of aromatic hydroxyl groups is 1. The Labute approximate surface area is 118 Å². The number of hydrogen-bond acceptors (Lipinski definition) is 4. The second kappa shape index (κ2) is 4.90. The summed E-state index contributed by atoms with van der Waals surface area (Å²) in [6.45, 7) is 1.79. The summed E-state index contributed by atoms with van der Waals surface area (Å²) in [7, 11) is 0. The van der Waals surface area contributed by atoms with Crippen molar-refractivity contribution in [2.45, 2.75) is 6.92 Å². The lowest BCUT2D eigenvalue weighted by Gasteiger charge is -2.05. The zero-order valence-corrected chi connectivity index (χ0v) is 11.1. The Balaban J connectivity index is 2.18. The van der Waals surface area contributed by atoms with Crippen LogP contribution in [0.4, 0.5) is 4.39 Å². The van der Waals surface area contributed by atoms with Crippen LogP contribution in [0, 0.1) is 12.7 Å². The van der Waals surface area contributed by atoms with Crippen LogP contribution in [0.3, 0.4) is 0 Å². The van der Waals surface area contributed by atoms with Crippen molar-refractivity contribution in [3.8, 4) is 28.6 Å². The van der Waals surface area contributed by atoms with Gasteiger partial charge in [-0.15, -0.1) is 0 Å². The minimum Gasteiger partial charge on any atom is -0.493 e. The number of benzene rings is 1. The molecule has 3 aromatic rings. The van der Waals surface area contributed by atoms with Crippen LogP contribution < -0.4 is 5.56 Å². The number of aromatic nitrogens is 2. The van der Waals surface area contributed by atoms with Gasteiger partial charge >= 0.3 is 0 Å². The van der Waals surface area contributed by atoms with Gasteiger partial charge in [0.05, 0.1) is 6.26 Å². The Morgan fingerprint density at radius 3 is 2.76 bits per heavy atom. The fourth-order valence-corrected chi connectivity index (χ4v) is 2.09. The molecular weight excluding hydrogens is 275 g/mol. The van der Waals surface area contributed by atoms with Gasteiger partial charge in [-0.2, -0.15) is 4.98 Å². The lowest BCUT2D eigenvalue weighted by atomic mass is 10.1. The number of nitrogens with one attached hydrogen (secondary N) is 1. The molecule has 0 unspecified atom stereocenters. The summed E-state index contributed by atoms with van der Waals surface area (Å²) in [5.74, 6) is -0.485. The summed E-state index contributed by atoms with van der Waals surface area (Å²) >= 11 is 0. The zero-order chi connectivity index (χ0) is 15.0. The SMILES string of the molecule is Cc1ccoc1-c1nc(O)c(-c2cccc(F)c2)c(=O)[nH]1. The molecule has 6 heteroatoms. The number of furan rings is 1. The van der Waals surface area contributed by atoms with E-state index in [1.807, 2.05) is 0 Å². The van der Waals surface area contributed by atoms with Gasteiger partial charge < -0.3 is 14.5 Å².